The van der Waals surface area contributed by atoms with Crippen LogP contribution < -0.4 is 0 Å². The van der Waals surface area contributed by atoms with Crippen molar-refractivity contribution < 1.29 is 16.8 Å². The number of hydrogen-bond donors (Lipinski definition) is 0. The first-order chi connectivity index (χ1) is 9.76. The molecule has 0 amide bonds. The summed E-state index contributed by atoms with van der Waals surface area (Å²) in [6.45, 7) is 2.21. The van der Waals surface area contributed by atoms with Gasteiger partial charge in [0, 0.05) is 17.1 Å². The molecule has 2 rings (SSSR count). The summed E-state index contributed by atoms with van der Waals surface area (Å²) in [6, 6.07) is 5.95. The molecule has 1 aliphatic rings. The molecule has 8 heteroatoms. The van der Waals surface area contributed by atoms with Gasteiger partial charge in [-0.2, -0.15) is 4.31 Å². The lowest BCUT2D eigenvalue weighted by Gasteiger charge is -2.27. The Hall–Kier alpha value is -0.440. The second kappa shape index (κ2) is 6.36. The van der Waals surface area contributed by atoms with Crippen LogP contribution in [-0.2, 0) is 19.9 Å². The van der Waals surface area contributed by atoms with Crippen molar-refractivity contribution in [3.8, 4) is 0 Å². The van der Waals surface area contributed by atoms with E-state index in [2.05, 4.69) is 15.9 Å². The minimum Gasteiger partial charge on any atom is -0.229 e. The van der Waals surface area contributed by atoms with Gasteiger partial charge in [0.1, 0.15) is 0 Å². The topological polar surface area (TPSA) is 71.5 Å². The van der Waals surface area contributed by atoms with Crippen LogP contribution in [0.3, 0.4) is 0 Å². The van der Waals surface area contributed by atoms with E-state index in [4.69, 9.17) is 0 Å². The Labute approximate surface area is 134 Å². The van der Waals surface area contributed by atoms with Gasteiger partial charge in [0.25, 0.3) is 0 Å². The van der Waals surface area contributed by atoms with Crippen LogP contribution in [0, 0.1) is 0 Å². The van der Waals surface area contributed by atoms with E-state index in [1.165, 1.54) is 16.4 Å². The molecule has 0 bridgehead atoms. The van der Waals surface area contributed by atoms with Gasteiger partial charge in [-0.3, -0.25) is 0 Å². The van der Waals surface area contributed by atoms with E-state index >= 15 is 0 Å². The number of benzene rings is 1. The Balaban J connectivity index is 2.35. The molecule has 1 aromatic rings. The molecule has 5 nitrogen and oxygen atoms in total. The lowest BCUT2D eigenvalue weighted by atomic mass is 10.2. The van der Waals surface area contributed by atoms with E-state index < -0.39 is 25.9 Å². The monoisotopic (exact) mass is 395 g/mol. The van der Waals surface area contributed by atoms with Crippen LogP contribution in [0.25, 0.3) is 0 Å². The number of nitrogens with zero attached hydrogens (tertiary/aromatic N) is 1. The van der Waals surface area contributed by atoms with Gasteiger partial charge in [-0.25, -0.2) is 16.8 Å². The third-order valence-electron chi connectivity index (χ3n) is 3.48. The Morgan fingerprint density at radius 3 is 2.38 bits per heavy atom. The fourth-order valence-electron chi connectivity index (χ4n) is 2.46. The third-order valence-corrected chi connectivity index (χ3v) is 7.72. The molecule has 0 N–H and O–H groups in total. The first kappa shape index (κ1) is 16.9. The minimum absolute atomic E-state index is 0.0632. The summed E-state index contributed by atoms with van der Waals surface area (Å²) >= 11 is 3.27. The van der Waals surface area contributed by atoms with Crippen LogP contribution in [0.5, 0.6) is 0 Å². The maximum atomic E-state index is 12.7. The van der Waals surface area contributed by atoms with Crippen LogP contribution in [0.1, 0.15) is 19.8 Å². The maximum Gasteiger partial charge on any atom is 0.243 e. The quantitative estimate of drug-likeness (QED) is 0.764. The molecular formula is C13H18BrNO4S2. The highest BCUT2D eigenvalue weighted by Gasteiger charge is 2.38. The van der Waals surface area contributed by atoms with E-state index in [0.29, 0.717) is 19.4 Å². The van der Waals surface area contributed by atoms with Crippen molar-refractivity contribution in [1.82, 2.24) is 4.31 Å². The second-order valence-corrected chi connectivity index (χ2v) is 10.2. The van der Waals surface area contributed by atoms with Gasteiger partial charge in [-0.1, -0.05) is 22.9 Å². The van der Waals surface area contributed by atoms with Crippen molar-refractivity contribution in [3.05, 3.63) is 28.7 Å². The zero-order chi connectivity index (χ0) is 15.7. The summed E-state index contributed by atoms with van der Waals surface area (Å²) in [5.41, 5.74) is 0. The van der Waals surface area contributed by atoms with Gasteiger partial charge >= 0.3 is 0 Å². The Morgan fingerprint density at radius 2 is 1.90 bits per heavy atom. The number of sulfonamides is 1. The SMILES string of the molecule is CCCN([C@@H]1CCS(=O)(=O)C1)S(=O)(=O)c1ccc(Br)cc1. The summed E-state index contributed by atoms with van der Waals surface area (Å²) in [7, 11) is -6.79. The second-order valence-electron chi connectivity index (χ2n) is 5.13. The predicted octanol–water partition coefficient (Wildman–Crippen LogP) is 2.04. The molecule has 118 valence electrons. The van der Waals surface area contributed by atoms with E-state index in [0.717, 1.165) is 4.47 Å². The first-order valence-corrected chi connectivity index (χ1v) is 10.8. The number of hydrogen-bond acceptors (Lipinski definition) is 4. The third kappa shape index (κ3) is 3.85. The van der Waals surface area contributed by atoms with Crippen LogP contribution in [0.4, 0.5) is 0 Å². The van der Waals surface area contributed by atoms with Crippen LogP contribution in [0.15, 0.2) is 33.6 Å². The van der Waals surface area contributed by atoms with Crippen molar-refractivity contribution in [3.63, 3.8) is 0 Å². The zero-order valence-electron chi connectivity index (χ0n) is 11.7. The minimum atomic E-state index is -3.67. The van der Waals surface area contributed by atoms with Crippen molar-refractivity contribution in [2.75, 3.05) is 18.1 Å². The van der Waals surface area contributed by atoms with Crippen molar-refractivity contribution >= 4 is 35.8 Å². The fraction of sp³-hybridized carbons (Fsp3) is 0.538. The van der Waals surface area contributed by atoms with Crippen molar-refractivity contribution in [2.45, 2.75) is 30.7 Å². The van der Waals surface area contributed by atoms with E-state index in [9.17, 15) is 16.8 Å². The number of halogens is 1. The van der Waals surface area contributed by atoms with Gasteiger partial charge in [0.05, 0.1) is 16.4 Å². The summed E-state index contributed by atoms with van der Waals surface area (Å²) in [5.74, 6) is -0.0174. The average Bonchev–Trinajstić information content (AvgIpc) is 2.76. The molecule has 0 radical (unpaired) electrons. The predicted molar refractivity (Wildman–Crippen MR) is 85.4 cm³/mol. The van der Waals surface area contributed by atoms with Crippen LogP contribution in [-0.4, -0.2) is 45.2 Å². The highest BCUT2D eigenvalue weighted by Crippen LogP contribution is 2.26. The van der Waals surface area contributed by atoms with E-state index in [1.54, 1.807) is 12.1 Å². The largest absolute Gasteiger partial charge is 0.243 e. The van der Waals surface area contributed by atoms with Gasteiger partial charge in [0.15, 0.2) is 9.84 Å². The molecule has 1 aliphatic heterocycles. The first-order valence-electron chi connectivity index (χ1n) is 6.74. The maximum absolute atomic E-state index is 12.7. The highest BCUT2D eigenvalue weighted by atomic mass is 79.9. The lowest BCUT2D eigenvalue weighted by molar-refractivity contribution is 0.340. The van der Waals surface area contributed by atoms with Crippen LogP contribution in [0.2, 0.25) is 0 Å². The van der Waals surface area contributed by atoms with Gasteiger partial charge < -0.3 is 0 Å². The molecule has 1 atom stereocenters. The fourth-order valence-corrected chi connectivity index (χ4v) is 6.30. The summed E-state index contributed by atoms with van der Waals surface area (Å²) in [5, 5.41) is 0. The molecule has 1 saturated heterocycles. The highest BCUT2D eigenvalue weighted by molar-refractivity contribution is 9.10. The van der Waals surface area contributed by atoms with Gasteiger partial charge in [-0.15, -0.1) is 0 Å². The molecule has 21 heavy (non-hydrogen) atoms. The van der Waals surface area contributed by atoms with Gasteiger partial charge in [0.2, 0.25) is 10.0 Å². The summed E-state index contributed by atoms with van der Waals surface area (Å²) in [6.07, 6.45) is 1.02. The molecule has 0 aromatic heterocycles. The van der Waals surface area contributed by atoms with Gasteiger partial charge in [-0.05, 0) is 37.1 Å². The normalized spacial score (nSPS) is 21.8. The molecule has 1 fully saturated rings. The molecule has 0 spiro atoms. The smallest absolute Gasteiger partial charge is 0.229 e. The summed E-state index contributed by atoms with van der Waals surface area (Å²) < 4.78 is 50.9. The number of sulfone groups is 1. The molecule has 0 aliphatic carbocycles. The average molecular weight is 396 g/mol. The molecule has 1 aromatic carbocycles. The Morgan fingerprint density at radius 1 is 1.29 bits per heavy atom. The molecule has 0 saturated carbocycles. The lowest BCUT2D eigenvalue weighted by Crippen LogP contribution is -2.41. The van der Waals surface area contributed by atoms with E-state index in [-0.39, 0.29) is 16.4 Å². The number of rotatable bonds is 5. The zero-order valence-corrected chi connectivity index (χ0v) is 14.9. The Kier molecular flexibility index (Phi) is 5.12. The van der Waals surface area contributed by atoms with E-state index in [1.807, 2.05) is 6.92 Å². The van der Waals surface area contributed by atoms with Crippen LogP contribution >= 0.6 is 15.9 Å². The molecule has 0 unspecified atom stereocenters. The summed E-state index contributed by atoms with van der Waals surface area (Å²) in [4.78, 5) is 0.198. The standard InChI is InChI=1S/C13H18BrNO4S2/c1-2-8-15(12-7-9-20(16,17)10-12)21(18,19)13-5-3-11(14)4-6-13/h3-6,12H,2,7-10H2,1H3/t12-/m1/s1. The van der Waals surface area contributed by atoms with Crippen molar-refractivity contribution in [2.24, 2.45) is 0 Å². The molecule has 1 heterocycles. The Bertz CT molecular complexity index is 698. The molecular weight excluding hydrogens is 378 g/mol. The van der Waals surface area contributed by atoms with Crippen molar-refractivity contribution in [1.29, 1.82) is 0 Å².